The smallest absolute Gasteiger partial charge is 0.226 e. The molecule has 2 atom stereocenters. The molecule has 1 aliphatic rings. The summed E-state index contributed by atoms with van der Waals surface area (Å²) in [6.07, 6.45) is 0.982. The van der Waals surface area contributed by atoms with E-state index in [0.717, 1.165) is 23.3 Å². The van der Waals surface area contributed by atoms with Gasteiger partial charge >= 0.3 is 0 Å². The lowest BCUT2D eigenvalue weighted by Crippen LogP contribution is -2.34. The Balaban J connectivity index is 1.56. The minimum atomic E-state index is -0.177. The van der Waals surface area contributed by atoms with Crippen LogP contribution in [0.1, 0.15) is 30.5 Å². The predicted molar refractivity (Wildman–Crippen MR) is 103 cm³/mol. The van der Waals surface area contributed by atoms with E-state index in [9.17, 15) is 4.79 Å². The van der Waals surface area contributed by atoms with Gasteiger partial charge in [-0.15, -0.1) is 0 Å². The van der Waals surface area contributed by atoms with Crippen molar-refractivity contribution in [1.82, 2.24) is 16.2 Å². The predicted octanol–water partition coefficient (Wildman–Crippen LogP) is 3.21. The number of hydrogen-bond acceptors (Lipinski definition) is 4. The normalized spacial score (nSPS) is 19.3. The van der Waals surface area contributed by atoms with E-state index >= 15 is 0 Å². The molecule has 6 heteroatoms. The summed E-state index contributed by atoms with van der Waals surface area (Å²) in [7, 11) is 0. The number of hydrazine groups is 1. The summed E-state index contributed by atoms with van der Waals surface area (Å²) in [5, 5.41) is 3.72. The number of halogens is 1. The molecule has 0 aliphatic carbocycles. The zero-order valence-electron chi connectivity index (χ0n) is 14.8. The van der Waals surface area contributed by atoms with Crippen LogP contribution in [-0.4, -0.2) is 19.1 Å². The van der Waals surface area contributed by atoms with E-state index < -0.39 is 0 Å². The summed E-state index contributed by atoms with van der Waals surface area (Å²) >= 11 is 5.95. The Morgan fingerprint density at radius 2 is 1.92 bits per heavy atom. The van der Waals surface area contributed by atoms with Crippen molar-refractivity contribution in [2.45, 2.75) is 25.9 Å². The number of carbonyl (C=O) groups excluding carboxylic acids is 1. The minimum absolute atomic E-state index is 0.0220. The lowest BCUT2D eigenvalue weighted by Gasteiger charge is -2.18. The molecule has 1 fully saturated rings. The van der Waals surface area contributed by atoms with Crippen molar-refractivity contribution in [3.8, 4) is 5.75 Å². The SMILES string of the molecule is CCCOc1ccc(CNC(=O)C2CNNC2c2ccc(Cl)cc2)cc1. The molecular weight excluding hydrogens is 350 g/mol. The summed E-state index contributed by atoms with van der Waals surface area (Å²) in [5.41, 5.74) is 8.34. The average Bonchev–Trinajstić information content (AvgIpc) is 3.16. The van der Waals surface area contributed by atoms with Crippen molar-refractivity contribution < 1.29 is 9.53 Å². The van der Waals surface area contributed by atoms with Crippen molar-refractivity contribution in [1.29, 1.82) is 0 Å². The summed E-state index contributed by atoms with van der Waals surface area (Å²) in [5.74, 6) is 0.700. The first-order valence-corrected chi connectivity index (χ1v) is 9.28. The van der Waals surface area contributed by atoms with Gasteiger partial charge in [-0.05, 0) is 41.8 Å². The van der Waals surface area contributed by atoms with Crippen LogP contribution in [0.2, 0.25) is 5.02 Å². The standard InChI is InChI=1S/C20H24ClN3O2/c1-2-11-26-17-9-3-14(4-10-17)12-22-20(25)18-13-23-24-19(18)15-5-7-16(21)8-6-15/h3-10,18-19,23-24H,2,11-13H2,1H3,(H,22,25). The van der Waals surface area contributed by atoms with Gasteiger partial charge in [0.15, 0.2) is 0 Å². The number of amides is 1. The van der Waals surface area contributed by atoms with Gasteiger partial charge in [0.2, 0.25) is 5.91 Å². The lowest BCUT2D eigenvalue weighted by atomic mass is 9.94. The Bertz CT molecular complexity index is 719. The third-order valence-electron chi connectivity index (χ3n) is 4.41. The Labute approximate surface area is 159 Å². The van der Waals surface area contributed by atoms with Crippen molar-refractivity contribution in [3.05, 3.63) is 64.7 Å². The highest BCUT2D eigenvalue weighted by atomic mass is 35.5. The molecule has 0 aromatic heterocycles. The molecule has 0 saturated carbocycles. The molecule has 3 N–H and O–H groups in total. The number of rotatable bonds is 7. The van der Waals surface area contributed by atoms with Crippen LogP contribution in [-0.2, 0) is 11.3 Å². The largest absolute Gasteiger partial charge is 0.494 e. The molecule has 1 heterocycles. The van der Waals surface area contributed by atoms with Gasteiger partial charge in [0.1, 0.15) is 5.75 Å². The first-order chi connectivity index (χ1) is 12.7. The fourth-order valence-corrected chi connectivity index (χ4v) is 3.10. The molecule has 3 rings (SSSR count). The second-order valence-electron chi connectivity index (χ2n) is 6.37. The summed E-state index contributed by atoms with van der Waals surface area (Å²) in [6, 6.07) is 15.3. The van der Waals surface area contributed by atoms with Gasteiger partial charge in [-0.3, -0.25) is 10.2 Å². The minimum Gasteiger partial charge on any atom is -0.494 e. The van der Waals surface area contributed by atoms with Crippen molar-refractivity contribution in [2.75, 3.05) is 13.2 Å². The van der Waals surface area contributed by atoms with E-state index in [1.807, 2.05) is 48.5 Å². The Morgan fingerprint density at radius 1 is 1.19 bits per heavy atom. The van der Waals surface area contributed by atoms with E-state index in [4.69, 9.17) is 16.3 Å². The number of ether oxygens (including phenoxy) is 1. The molecule has 138 valence electrons. The third-order valence-corrected chi connectivity index (χ3v) is 4.66. The maximum Gasteiger partial charge on any atom is 0.226 e. The molecule has 1 aliphatic heterocycles. The molecule has 2 aromatic rings. The van der Waals surface area contributed by atoms with E-state index in [1.165, 1.54) is 0 Å². The van der Waals surface area contributed by atoms with Crippen LogP contribution in [0.25, 0.3) is 0 Å². The highest BCUT2D eigenvalue weighted by Gasteiger charge is 2.33. The summed E-state index contributed by atoms with van der Waals surface area (Å²) in [6.45, 7) is 3.87. The summed E-state index contributed by atoms with van der Waals surface area (Å²) in [4.78, 5) is 12.6. The second-order valence-corrected chi connectivity index (χ2v) is 6.81. The number of nitrogens with one attached hydrogen (secondary N) is 3. The second kappa shape index (κ2) is 9.03. The monoisotopic (exact) mass is 373 g/mol. The summed E-state index contributed by atoms with van der Waals surface area (Å²) < 4.78 is 5.58. The van der Waals surface area contributed by atoms with E-state index in [0.29, 0.717) is 24.7 Å². The fraction of sp³-hybridized carbons (Fsp3) is 0.350. The van der Waals surface area contributed by atoms with Crippen LogP contribution in [0.5, 0.6) is 5.75 Å². The van der Waals surface area contributed by atoms with Gasteiger partial charge in [0.05, 0.1) is 18.6 Å². The Morgan fingerprint density at radius 3 is 2.62 bits per heavy atom. The Kier molecular flexibility index (Phi) is 6.50. The quantitative estimate of drug-likeness (QED) is 0.697. The number of carbonyl (C=O) groups is 1. The zero-order chi connectivity index (χ0) is 18.4. The molecule has 2 aromatic carbocycles. The molecular formula is C20H24ClN3O2. The van der Waals surface area contributed by atoms with E-state index in [1.54, 1.807) is 0 Å². The molecule has 26 heavy (non-hydrogen) atoms. The highest BCUT2D eigenvalue weighted by Crippen LogP contribution is 2.26. The molecule has 0 spiro atoms. The van der Waals surface area contributed by atoms with Crippen LogP contribution >= 0.6 is 11.6 Å². The van der Waals surface area contributed by atoms with Crippen molar-refractivity contribution in [3.63, 3.8) is 0 Å². The fourth-order valence-electron chi connectivity index (χ4n) is 2.97. The van der Waals surface area contributed by atoms with E-state index in [2.05, 4.69) is 23.1 Å². The number of benzene rings is 2. The maximum atomic E-state index is 12.6. The molecule has 2 unspecified atom stereocenters. The average molecular weight is 374 g/mol. The van der Waals surface area contributed by atoms with Crippen LogP contribution in [0.3, 0.4) is 0 Å². The van der Waals surface area contributed by atoms with Gasteiger partial charge in [-0.25, -0.2) is 5.43 Å². The number of hydrogen-bond donors (Lipinski definition) is 3. The van der Waals surface area contributed by atoms with Gasteiger partial charge in [-0.1, -0.05) is 42.8 Å². The third kappa shape index (κ3) is 4.75. The van der Waals surface area contributed by atoms with E-state index in [-0.39, 0.29) is 17.9 Å². The molecule has 0 radical (unpaired) electrons. The van der Waals surface area contributed by atoms with Crippen LogP contribution < -0.4 is 20.9 Å². The molecule has 5 nitrogen and oxygen atoms in total. The first kappa shape index (κ1) is 18.7. The van der Waals surface area contributed by atoms with Gasteiger partial charge in [-0.2, -0.15) is 0 Å². The first-order valence-electron chi connectivity index (χ1n) is 8.90. The molecule has 1 saturated heterocycles. The topological polar surface area (TPSA) is 62.4 Å². The van der Waals surface area contributed by atoms with Crippen molar-refractivity contribution >= 4 is 17.5 Å². The highest BCUT2D eigenvalue weighted by molar-refractivity contribution is 6.30. The van der Waals surface area contributed by atoms with Gasteiger partial charge in [0, 0.05) is 18.1 Å². The van der Waals surface area contributed by atoms with Crippen LogP contribution in [0, 0.1) is 5.92 Å². The van der Waals surface area contributed by atoms with Crippen LogP contribution in [0.4, 0.5) is 0 Å². The van der Waals surface area contributed by atoms with Crippen LogP contribution in [0.15, 0.2) is 48.5 Å². The zero-order valence-corrected chi connectivity index (χ0v) is 15.6. The van der Waals surface area contributed by atoms with Gasteiger partial charge in [0.25, 0.3) is 0 Å². The Hall–Kier alpha value is -2.08. The lowest BCUT2D eigenvalue weighted by molar-refractivity contribution is -0.125. The molecule has 1 amide bonds. The van der Waals surface area contributed by atoms with Gasteiger partial charge < -0.3 is 10.1 Å². The molecule has 0 bridgehead atoms. The van der Waals surface area contributed by atoms with Crippen molar-refractivity contribution in [2.24, 2.45) is 5.92 Å². The maximum absolute atomic E-state index is 12.6.